The van der Waals surface area contributed by atoms with E-state index in [0.717, 1.165) is 33.3 Å². The van der Waals surface area contributed by atoms with Crippen LogP contribution < -0.4 is 19.6 Å². The molecule has 0 spiro atoms. The molecule has 5 aromatic rings. The summed E-state index contributed by atoms with van der Waals surface area (Å²) in [7, 11) is 2.03. The first-order chi connectivity index (χ1) is 20.4. The molecular formula is C34H31N3O4S. The van der Waals surface area contributed by atoms with E-state index in [1.54, 1.807) is 11.5 Å². The van der Waals surface area contributed by atoms with Crippen molar-refractivity contribution in [2.75, 3.05) is 13.2 Å². The summed E-state index contributed by atoms with van der Waals surface area (Å²) in [6.45, 7) is 6.49. The third-order valence-corrected chi connectivity index (χ3v) is 8.59. The fourth-order valence-electron chi connectivity index (χ4n) is 5.53. The average Bonchev–Trinajstić information content (AvgIpc) is 3.45. The van der Waals surface area contributed by atoms with Gasteiger partial charge in [0.05, 0.1) is 35.1 Å². The minimum atomic E-state index is -0.734. The van der Waals surface area contributed by atoms with Crippen molar-refractivity contribution in [3.8, 4) is 5.75 Å². The number of nitrogens with zero attached hydrogens (tertiary/aromatic N) is 3. The zero-order valence-electron chi connectivity index (χ0n) is 24.0. The molecule has 0 aliphatic carbocycles. The second-order valence-electron chi connectivity index (χ2n) is 10.0. The number of ether oxygens (including phenoxy) is 2. The number of para-hydroxylation sites is 1. The number of carbonyl (C=O) groups excluding carboxylic acids is 1. The standard InChI is InChI=1S/C34H31N3O4S/c1-5-40-24-18-16-23(17-19-24)31-29(33(39)41-6-2)30(22-12-8-7-9-13-22)35-34-37(31)32(38)28(42-34)20-26-21(3)36(4)27-15-11-10-14-25(26)27/h7-20,31H,5-6H2,1-4H3/b28-20-/t31-/m0/s1. The molecule has 0 N–H and O–H groups in total. The molecule has 3 heterocycles. The van der Waals surface area contributed by atoms with Gasteiger partial charge in [-0.2, -0.15) is 0 Å². The van der Waals surface area contributed by atoms with E-state index < -0.39 is 12.0 Å². The average molecular weight is 578 g/mol. The largest absolute Gasteiger partial charge is 0.494 e. The molecule has 0 amide bonds. The SMILES string of the molecule is CCOC(=O)C1=C(c2ccccc2)N=c2s/c(=C\c3c(C)n(C)c4ccccc34)c(=O)n2[C@H]1c1ccc(OCC)cc1. The number of aromatic nitrogens is 2. The van der Waals surface area contributed by atoms with E-state index in [4.69, 9.17) is 14.5 Å². The zero-order chi connectivity index (χ0) is 29.4. The van der Waals surface area contributed by atoms with Crippen LogP contribution in [0.4, 0.5) is 0 Å². The van der Waals surface area contributed by atoms with Crippen LogP contribution in [0.3, 0.4) is 0 Å². The Labute approximate surface area is 247 Å². The van der Waals surface area contributed by atoms with E-state index in [1.165, 1.54) is 11.3 Å². The molecule has 0 radical (unpaired) electrons. The topological polar surface area (TPSA) is 74.8 Å². The van der Waals surface area contributed by atoms with E-state index >= 15 is 0 Å². The highest BCUT2D eigenvalue weighted by Crippen LogP contribution is 2.36. The minimum absolute atomic E-state index is 0.200. The maximum Gasteiger partial charge on any atom is 0.338 e. The second-order valence-corrected chi connectivity index (χ2v) is 11.0. The van der Waals surface area contributed by atoms with E-state index in [9.17, 15) is 9.59 Å². The molecule has 2 aromatic heterocycles. The van der Waals surface area contributed by atoms with E-state index in [-0.39, 0.29) is 12.2 Å². The van der Waals surface area contributed by atoms with E-state index in [0.29, 0.717) is 33.0 Å². The Balaban J connectivity index is 1.65. The summed E-state index contributed by atoms with van der Waals surface area (Å²) in [4.78, 5) is 33.4. The number of benzene rings is 3. The summed E-state index contributed by atoms with van der Waals surface area (Å²) in [5.74, 6) is 0.211. The van der Waals surface area contributed by atoms with E-state index in [2.05, 4.69) is 23.6 Å². The Morgan fingerprint density at radius 1 is 0.976 bits per heavy atom. The molecule has 8 heteroatoms. The summed E-state index contributed by atoms with van der Waals surface area (Å²) in [6, 6.07) is 24.5. The molecule has 212 valence electrons. The number of rotatable bonds is 7. The van der Waals surface area contributed by atoms with Gasteiger partial charge < -0.3 is 14.0 Å². The van der Waals surface area contributed by atoms with Gasteiger partial charge in [-0.3, -0.25) is 9.36 Å². The van der Waals surface area contributed by atoms with Gasteiger partial charge in [0.1, 0.15) is 5.75 Å². The number of carbonyl (C=O) groups is 1. The summed E-state index contributed by atoms with van der Waals surface area (Å²) >= 11 is 1.33. The highest BCUT2D eigenvalue weighted by atomic mass is 32.1. The van der Waals surface area contributed by atoms with E-state index in [1.807, 2.05) is 86.8 Å². The van der Waals surface area contributed by atoms with Crippen LogP contribution in [-0.2, 0) is 16.6 Å². The molecule has 0 saturated heterocycles. The highest BCUT2D eigenvalue weighted by Gasteiger charge is 2.35. The van der Waals surface area contributed by atoms with Crippen LogP contribution in [0.15, 0.2) is 94.2 Å². The van der Waals surface area contributed by atoms with Crippen molar-refractivity contribution in [3.63, 3.8) is 0 Å². The highest BCUT2D eigenvalue weighted by molar-refractivity contribution is 7.07. The molecule has 1 aliphatic rings. The van der Waals surface area contributed by atoms with Crippen LogP contribution >= 0.6 is 11.3 Å². The smallest absolute Gasteiger partial charge is 0.338 e. The quantitative estimate of drug-likeness (QED) is 0.251. The van der Waals surface area contributed by atoms with Crippen molar-refractivity contribution >= 4 is 40.0 Å². The lowest BCUT2D eigenvalue weighted by Crippen LogP contribution is -2.40. The van der Waals surface area contributed by atoms with Gasteiger partial charge in [0, 0.05) is 34.8 Å². The molecule has 6 rings (SSSR count). The summed E-state index contributed by atoms with van der Waals surface area (Å²) < 4.78 is 15.5. The number of aryl methyl sites for hydroxylation is 1. The summed E-state index contributed by atoms with van der Waals surface area (Å²) in [5.41, 5.74) is 5.30. The maximum atomic E-state index is 14.3. The fraction of sp³-hybridized carbons (Fsp3) is 0.206. The molecular weight excluding hydrogens is 546 g/mol. The maximum absolute atomic E-state index is 14.3. The Morgan fingerprint density at radius 2 is 1.69 bits per heavy atom. The van der Waals surface area contributed by atoms with Gasteiger partial charge in [-0.25, -0.2) is 9.79 Å². The molecule has 0 bridgehead atoms. The number of thiazole rings is 1. The first-order valence-electron chi connectivity index (χ1n) is 14.0. The molecule has 0 saturated carbocycles. The van der Waals surface area contributed by atoms with Crippen LogP contribution in [0.5, 0.6) is 5.75 Å². The first kappa shape index (κ1) is 27.5. The molecule has 0 fully saturated rings. The summed E-state index contributed by atoms with van der Waals surface area (Å²) in [6.07, 6.45) is 1.95. The number of hydrogen-bond acceptors (Lipinski definition) is 6. The lowest BCUT2D eigenvalue weighted by atomic mass is 9.93. The third-order valence-electron chi connectivity index (χ3n) is 7.60. The lowest BCUT2D eigenvalue weighted by Gasteiger charge is -2.26. The fourth-order valence-corrected chi connectivity index (χ4v) is 6.51. The van der Waals surface area contributed by atoms with Gasteiger partial charge in [-0.15, -0.1) is 0 Å². The number of hydrogen-bond donors (Lipinski definition) is 0. The normalized spacial score (nSPS) is 15.0. The van der Waals surface area contributed by atoms with Gasteiger partial charge in [-0.05, 0) is 50.6 Å². The van der Waals surface area contributed by atoms with Gasteiger partial charge in [0.2, 0.25) is 0 Å². The van der Waals surface area contributed by atoms with Crippen LogP contribution in [0, 0.1) is 6.92 Å². The summed E-state index contributed by atoms with van der Waals surface area (Å²) in [5, 5.41) is 1.07. The van der Waals surface area contributed by atoms with Crippen molar-refractivity contribution < 1.29 is 14.3 Å². The number of fused-ring (bicyclic) bond motifs is 2. The second kappa shape index (κ2) is 11.3. The van der Waals surface area contributed by atoms with Crippen molar-refractivity contribution in [2.24, 2.45) is 12.0 Å². The molecule has 1 atom stereocenters. The monoisotopic (exact) mass is 577 g/mol. The Morgan fingerprint density at radius 3 is 2.40 bits per heavy atom. The van der Waals surface area contributed by atoms with Gasteiger partial charge in [0.15, 0.2) is 4.80 Å². The van der Waals surface area contributed by atoms with Crippen molar-refractivity contribution in [3.05, 3.63) is 127 Å². The van der Waals surface area contributed by atoms with Gasteiger partial charge in [0.25, 0.3) is 5.56 Å². The van der Waals surface area contributed by atoms with Crippen LogP contribution in [0.2, 0.25) is 0 Å². The molecule has 42 heavy (non-hydrogen) atoms. The van der Waals surface area contributed by atoms with Crippen LogP contribution in [-0.4, -0.2) is 28.3 Å². The lowest BCUT2D eigenvalue weighted by molar-refractivity contribution is -0.138. The van der Waals surface area contributed by atoms with Crippen molar-refractivity contribution in [1.29, 1.82) is 0 Å². The predicted molar refractivity (Wildman–Crippen MR) is 166 cm³/mol. The van der Waals surface area contributed by atoms with Crippen LogP contribution in [0.1, 0.15) is 42.3 Å². The third kappa shape index (κ3) is 4.67. The minimum Gasteiger partial charge on any atom is -0.494 e. The van der Waals surface area contributed by atoms with Gasteiger partial charge >= 0.3 is 5.97 Å². The molecule has 0 unspecified atom stereocenters. The molecule has 1 aliphatic heterocycles. The van der Waals surface area contributed by atoms with Crippen molar-refractivity contribution in [1.82, 2.24) is 9.13 Å². The van der Waals surface area contributed by atoms with Gasteiger partial charge in [-0.1, -0.05) is 72.0 Å². The Hall–Kier alpha value is -4.69. The number of esters is 1. The molecule has 3 aromatic carbocycles. The Kier molecular flexibility index (Phi) is 7.39. The Bertz CT molecular complexity index is 2020. The van der Waals surface area contributed by atoms with Crippen molar-refractivity contribution in [2.45, 2.75) is 26.8 Å². The zero-order valence-corrected chi connectivity index (χ0v) is 24.8. The molecule has 7 nitrogen and oxygen atoms in total. The predicted octanol–water partition coefficient (Wildman–Crippen LogP) is 5.13. The van der Waals surface area contributed by atoms with Crippen LogP contribution in [0.25, 0.3) is 22.7 Å². The first-order valence-corrected chi connectivity index (χ1v) is 14.8.